The molecule has 18 heavy (non-hydrogen) atoms. The van der Waals surface area contributed by atoms with E-state index in [2.05, 4.69) is 0 Å². The van der Waals surface area contributed by atoms with E-state index in [1.54, 1.807) is 18.2 Å². The van der Waals surface area contributed by atoms with Crippen LogP contribution in [0.1, 0.15) is 0 Å². The average Bonchev–Trinajstić information content (AvgIpc) is 2.41. The molecule has 0 aliphatic carbocycles. The maximum Gasteiger partial charge on any atom is 0.204 e. The van der Waals surface area contributed by atoms with E-state index in [4.69, 9.17) is 25.5 Å². The average molecular weight is 267 g/mol. The second-order valence-corrected chi connectivity index (χ2v) is 3.84. The second kappa shape index (κ2) is 5.14. The molecule has 1 heterocycles. The number of hydrogen-bond acceptors (Lipinski definition) is 4. The van der Waals surface area contributed by atoms with E-state index < -0.39 is 0 Å². The minimum Gasteiger partial charge on any atom is -0.496 e. The van der Waals surface area contributed by atoms with Crippen LogP contribution in [0.25, 0.3) is 11.3 Å². The standard InChI is InChI=1S/C13H11ClO4/c1-16-9-4-3-5-10(17-2)11(9)13-12(14)8(15)6-7-18-13/h3-7H,1-2H3. The van der Waals surface area contributed by atoms with E-state index in [9.17, 15) is 4.79 Å². The van der Waals surface area contributed by atoms with Crippen LogP contribution in [0.15, 0.2) is 39.7 Å². The number of methoxy groups -OCH3 is 2. The molecular formula is C13H11ClO4. The molecule has 0 N–H and O–H groups in total. The zero-order valence-corrected chi connectivity index (χ0v) is 10.7. The first kappa shape index (κ1) is 12.5. The first-order valence-electron chi connectivity index (χ1n) is 5.17. The van der Waals surface area contributed by atoms with Crippen LogP contribution in [0.4, 0.5) is 0 Å². The van der Waals surface area contributed by atoms with Crippen molar-refractivity contribution in [1.29, 1.82) is 0 Å². The van der Waals surface area contributed by atoms with Crippen LogP contribution in [0.3, 0.4) is 0 Å². The van der Waals surface area contributed by atoms with Gasteiger partial charge < -0.3 is 13.9 Å². The minimum absolute atomic E-state index is 0.000278. The number of halogens is 1. The van der Waals surface area contributed by atoms with Crippen molar-refractivity contribution in [3.63, 3.8) is 0 Å². The Bertz CT molecular complexity index is 596. The molecular weight excluding hydrogens is 256 g/mol. The first-order chi connectivity index (χ1) is 8.69. The van der Waals surface area contributed by atoms with Crippen molar-refractivity contribution >= 4 is 11.6 Å². The van der Waals surface area contributed by atoms with Crippen LogP contribution in [0.2, 0.25) is 5.02 Å². The predicted molar refractivity (Wildman–Crippen MR) is 68.5 cm³/mol. The topological polar surface area (TPSA) is 48.7 Å². The van der Waals surface area contributed by atoms with Gasteiger partial charge in [-0.2, -0.15) is 0 Å². The summed E-state index contributed by atoms with van der Waals surface area (Å²) in [6.07, 6.45) is 1.29. The lowest BCUT2D eigenvalue weighted by atomic mass is 10.1. The van der Waals surface area contributed by atoms with Gasteiger partial charge in [-0.05, 0) is 12.1 Å². The maximum atomic E-state index is 11.5. The third-order valence-electron chi connectivity index (χ3n) is 2.48. The summed E-state index contributed by atoms with van der Waals surface area (Å²) in [6.45, 7) is 0. The van der Waals surface area contributed by atoms with Crippen LogP contribution < -0.4 is 14.9 Å². The van der Waals surface area contributed by atoms with E-state index in [0.717, 1.165) is 0 Å². The van der Waals surface area contributed by atoms with Crippen molar-refractivity contribution in [3.05, 3.63) is 45.8 Å². The van der Waals surface area contributed by atoms with E-state index >= 15 is 0 Å². The molecule has 94 valence electrons. The molecule has 1 aromatic heterocycles. The van der Waals surface area contributed by atoms with Crippen LogP contribution >= 0.6 is 11.6 Å². The summed E-state index contributed by atoms with van der Waals surface area (Å²) < 4.78 is 15.8. The van der Waals surface area contributed by atoms with Gasteiger partial charge in [0.15, 0.2) is 5.76 Å². The molecule has 0 aliphatic heterocycles. The Hall–Kier alpha value is -1.94. The molecule has 0 bridgehead atoms. The Morgan fingerprint density at radius 3 is 2.28 bits per heavy atom. The highest BCUT2D eigenvalue weighted by molar-refractivity contribution is 6.32. The van der Waals surface area contributed by atoms with Crippen LogP contribution in [-0.2, 0) is 0 Å². The molecule has 0 unspecified atom stereocenters. The van der Waals surface area contributed by atoms with E-state index in [1.807, 2.05) is 0 Å². The van der Waals surface area contributed by atoms with E-state index in [1.165, 1.54) is 26.5 Å². The maximum absolute atomic E-state index is 11.5. The van der Waals surface area contributed by atoms with Crippen molar-refractivity contribution in [2.75, 3.05) is 14.2 Å². The van der Waals surface area contributed by atoms with Crippen LogP contribution in [-0.4, -0.2) is 14.2 Å². The first-order valence-corrected chi connectivity index (χ1v) is 5.55. The molecule has 0 fully saturated rings. The summed E-state index contributed by atoms with van der Waals surface area (Å²) in [6, 6.07) is 6.51. The minimum atomic E-state index is -0.314. The lowest BCUT2D eigenvalue weighted by molar-refractivity contribution is 0.394. The Morgan fingerprint density at radius 2 is 1.72 bits per heavy atom. The van der Waals surface area contributed by atoms with Crippen molar-refractivity contribution in [3.8, 4) is 22.8 Å². The normalized spacial score (nSPS) is 10.2. The van der Waals surface area contributed by atoms with Gasteiger partial charge in [0.05, 0.1) is 20.5 Å². The van der Waals surface area contributed by atoms with Crippen molar-refractivity contribution < 1.29 is 13.9 Å². The van der Waals surface area contributed by atoms with Gasteiger partial charge in [-0.25, -0.2) is 0 Å². The van der Waals surface area contributed by atoms with Gasteiger partial charge in [0, 0.05) is 6.07 Å². The summed E-state index contributed by atoms with van der Waals surface area (Å²) in [7, 11) is 3.04. The number of hydrogen-bond donors (Lipinski definition) is 0. The molecule has 5 heteroatoms. The van der Waals surface area contributed by atoms with Crippen molar-refractivity contribution in [1.82, 2.24) is 0 Å². The lowest BCUT2D eigenvalue weighted by Crippen LogP contribution is -2.01. The van der Waals surface area contributed by atoms with Crippen LogP contribution in [0.5, 0.6) is 11.5 Å². The van der Waals surface area contributed by atoms with Crippen molar-refractivity contribution in [2.24, 2.45) is 0 Å². The molecule has 4 nitrogen and oxygen atoms in total. The van der Waals surface area contributed by atoms with Gasteiger partial charge in [0.2, 0.25) is 5.43 Å². The fourth-order valence-electron chi connectivity index (χ4n) is 1.64. The summed E-state index contributed by atoms with van der Waals surface area (Å²) >= 11 is 5.97. The Kier molecular flexibility index (Phi) is 3.58. The SMILES string of the molecule is COc1cccc(OC)c1-c1occc(=O)c1Cl. The molecule has 0 saturated heterocycles. The predicted octanol–water partition coefficient (Wildman–Crippen LogP) is 2.98. The van der Waals surface area contributed by atoms with Gasteiger partial charge in [0.1, 0.15) is 22.1 Å². The highest BCUT2D eigenvalue weighted by Gasteiger charge is 2.18. The highest BCUT2D eigenvalue weighted by Crippen LogP contribution is 2.40. The molecule has 0 atom stereocenters. The molecule has 0 spiro atoms. The zero-order valence-electron chi connectivity index (χ0n) is 9.90. The summed E-state index contributed by atoms with van der Waals surface area (Å²) in [5.74, 6) is 1.27. The van der Waals surface area contributed by atoms with Gasteiger partial charge >= 0.3 is 0 Å². The number of ether oxygens (including phenoxy) is 2. The Balaban J connectivity index is 2.77. The van der Waals surface area contributed by atoms with Gasteiger partial charge in [-0.15, -0.1) is 0 Å². The lowest BCUT2D eigenvalue weighted by Gasteiger charge is -2.12. The Labute approximate surface area is 109 Å². The third-order valence-corrected chi connectivity index (χ3v) is 2.83. The zero-order chi connectivity index (χ0) is 13.1. The monoisotopic (exact) mass is 266 g/mol. The number of rotatable bonds is 3. The van der Waals surface area contributed by atoms with Crippen LogP contribution in [0, 0.1) is 0 Å². The second-order valence-electron chi connectivity index (χ2n) is 3.47. The molecule has 0 aliphatic rings. The molecule has 0 radical (unpaired) electrons. The molecule has 2 rings (SSSR count). The Morgan fingerprint density at radius 1 is 1.11 bits per heavy atom. The van der Waals surface area contributed by atoms with E-state index in [0.29, 0.717) is 17.1 Å². The smallest absolute Gasteiger partial charge is 0.204 e. The van der Waals surface area contributed by atoms with Gasteiger partial charge in [-0.3, -0.25) is 4.79 Å². The van der Waals surface area contributed by atoms with Crippen molar-refractivity contribution in [2.45, 2.75) is 0 Å². The number of benzene rings is 1. The fraction of sp³-hybridized carbons (Fsp3) is 0.154. The molecule has 0 amide bonds. The van der Waals surface area contributed by atoms with Gasteiger partial charge in [-0.1, -0.05) is 17.7 Å². The summed E-state index contributed by atoms with van der Waals surface area (Å²) in [5.41, 5.74) is 0.205. The fourth-order valence-corrected chi connectivity index (χ4v) is 1.85. The third kappa shape index (κ3) is 2.07. The van der Waals surface area contributed by atoms with Gasteiger partial charge in [0.25, 0.3) is 0 Å². The van der Waals surface area contributed by atoms with E-state index in [-0.39, 0.29) is 16.2 Å². The molecule has 0 saturated carbocycles. The molecule has 1 aromatic carbocycles. The highest BCUT2D eigenvalue weighted by atomic mass is 35.5. The molecule has 2 aromatic rings. The largest absolute Gasteiger partial charge is 0.496 e. The summed E-state index contributed by atoms with van der Waals surface area (Å²) in [4.78, 5) is 11.5. The summed E-state index contributed by atoms with van der Waals surface area (Å²) in [5, 5.41) is 0.000278. The quantitative estimate of drug-likeness (QED) is 0.857.